The van der Waals surface area contributed by atoms with Gasteiger partial charge in [-0.3, -0.25) is 14.5 Å². The second-order valence-electron chi connectivity index (χ2n) is 6.61. The van der Waals surface area contributed by atoms with Gasteiger partial charge in [0.2, 0.25) is 0 Å². The summed E-state index contributed by atoms with van der Waals surface area (Å²) >= 11 is 0. The summed E-state index contributed by atoms with van der Waals surface area (Å²) in [5.41, 5.74) is 0.558. The van der Waals surface area contributed by atoms with Gasteiger partial charge in [-0.05, 0) is 48.5 Å². The lowest BCUT2D eigenvalue weighted by molar-refractivity contribution is -0.127. The van der Waals surface area contributed by atoms with E-state index in [1.807, 2.05) is 0 Å². The summed E-state index contributed by atoms with van der Waals surface area (Å²) < 4.78 is 29.9. The number of rotatable bonds is 5. The number of hydrogen-bond donors (Lipinski definition) is 1. The average molecular weight is 410 g/mol. The number of likely N-dealkylation sites (N-methyl/N-ethyl adjacent to an activating group) is 1. The van der Waals surface area contributed by atoms with Gasteiger partial charge in [0.1, 0.15) is 29.7 Å². The standard InChI is InChI=1S/C22H19FN2O5/c1-24-21(26)20-12-25(17-4-2-3-5-18(17)30-20)22(27)19-11-10-16(29-19)13-28-15-8-6-14(23)7-9-15/h2-11,20H,12-13H2,1H3,(H,24,26). The third kappa shape index (κ3) is 3.98. The number of hydrogen-bond acceptors (Lipinski definition) is 5. The number of ether oxygens (including phenoxy) is 2. The maximum absolute atomic E-state index is 13.1. The molecule has 0 fully saturated rings. The van der Waals surface area contributed by atoms with Gasteiger partial charge >= 0.3 is 0 Å². The summed E-state index contributed by atoms with van der Waals surface area (Å²) in [7, 11) is 1.51. The van der Waals surface area contributed by atoms with Crippen molar-refractivity contribution >= 4 is 17.5 Å². The summed E-state index contributed by atoms with van der Waals surface area (Å²) in [6.07, 6.45) is -0.829. The zero-order chi connectivity index (χ0) is 21.1. The minimum atomic E-state index is -0.829. The van der Waals surface area contributed by atoms with E-state index in [0.717, 1.165) is 0 Å². The van der Waals surface area contributed by atoms with Crippen LogP contribution < -0.4 is 19.7 Å². The summed E-state index contributed by atoms with van der Waals surface area (Å²) in [6.45, 7) is 0.136. The number of carbonyl (C=O) groups excluding carboxylic acids is 2. The number of nitrogens with zero attached hydrogens (tertiary/aromatic N) is 1. The fourth-order valence-corrected chi connectivity index (χ4v) is 3.11. The molecular formula is C22H19FN2O5. The number of furan rings is 1. The Morgan fingerprint density at radius 3 is 2.67 bits per heavy atom. The Bertz CT molecular complexity index is 1060. The van der Waals surface area contributed by atoms with Crippen LogP contribution in [0.2, 0.25) is 0 Å². The number of anilines is 1. The van der Waals surface area contributed by atoms with E-state index in [1.54, 1.807) is 36.4 Å². The topological polar surface area (TPSA) is 81.0 Å². The lowest BCUT2D eigenvalue weighted by Gasteiger charge is -2.33. The maximum Gasteiger partial charge on any atom is 0.294 e. The zero-order valence-electron chi connectivity index (χ0n) is 16.1. The number of carbonyl (C=O) groups is 2. The van der Waals surface area contributed by atoms with Crippen LogP contribution in [-0.2, 0) is 11.4 Å². The van der Waals surface area contributed by atoms with Crippen molar-refractivity contribution in [2.75, 3.05) is 18.5 Å². The van der Waals surface area contributed by atoms with Crippen LogP contribution in [0.15, 0.2) is 65.1 Å². The molecular weight excluding hydrogens is 391 g/mol. The van der Waals surface area contributed by atoms with E-state index in [9.17, 15) is 14.0 Å². The predicted octanol–water partition coefficient (Wildman–Crippen LogP) is 3.15. The van der Waals surface area contributed by atoms with E-state index in [-0.39, 0.29) is 30.6 Å². The van der Waals surface area contributed by atoms with Crippen LogP contribution in [0.5, 0.6) is 11.5 Å². The Kier molecular flexibility index (Phi) is 5.38. The van der Waals surface area contributed by atoms with E-state index in [0.29, 0.717) is 22.9 Å². The van der Waals surface area contributed by atoms with Crippen LogP contribution in [0.3, 0.4) is 0 Å². The van der Waals surface area contributed by atoms with Gasteiger partial charge in [-0.25, -0.2) is 4.39 Å². The first kappa shape index (κ1) is 19.5. The molecule has 1 atom stereocenters. The molecule has 0 saturated heterocycles. The Hall–Kier alpha value is -3.81. The monoisotopic (exact) mass is 410 g/mol. The van der Waals surface area contributed by atoms with Crippen molar-refractivity contribution < 1.29 is 27.9 Å². The second kappa shape index (κ2) is 8.28. The maximum atomic E-state index is 13.1. The Morgan fingerprint density at radius 2 is 1.90 bits per heavy atom. The van der Waals surface area contributed by atoms with Gasteiger partial charge in [0, 0.05) is 7.05 Å². The predicted molar refractivity (Wildman–Crippen MR) is 106 cm³/mol. The molecule has 0 bridgehead atoms. The Morgan fingerprint density at radius 1 is 1.13 bits per heavy atom. The lowest BCUT2D eigenvalue weighted by atomic mass is 10.1. The van der Waals surface area contributed by atoms with Gasteiger partial charge in [-0.1, -0.05) is 12.1 Å². The molecule has 8 heteroatoms. The molecule has 0 spiro atoms. The Labute approximate surface area is 172 Å². The Balaban J connectivity index is 1.51. The summed E-state index contributed by atoms with van der Waals surface area (Å²) in [5, 5.41) is 2.54. The van der Waals surface area contributed by atoms with Crippen molar-refractivity contribution in [2.24, 2.45) is 0 Å². The smallest absolute Gasteiger partial charge is 0.294 e. The summed E-state index contributed by atoms with van der Waals surface area (Å²) in [5.74, 6) is 0.400. The molecule has 0 radical (unpaired) electrons. The van der Waals surface area contributed by atoms with Gasteiger partial charge in [-0.15, -0.1) is 0 Å². The number of nitrogens with one attached hydrogen (secondary N) is 1. The number of para-hydroxylation sites is 2. The minimum absolute atomic E-state index is 0.0532. The quantitative estimate of drug-likeness (QED) is 0.699. The third-order valence-corrected chi connectivity index (χ3v) is 4.62. The van der Waals surface area contributed by atoms with Gasteiger partial charge in [0.25, 0.3) is 11.8 Å². The SMILES string of the molecule is CNC(=O)C1CN(C(=O)c2ccc(COc3ccc(F)cc3)o2)c2ccccc2O1. The van der Waals surface area contributed by atoms with Gasteiger partial charge < -0.3 is 19.2 Å². The zero-order valence-corrected chi connectivity index (χ0v) is 16.1. The van der Waals surface area contributed by atoms with Gasteiger partial charge in [0.05, 0.1) is 12.2 Å². The molecule has 1 aliphatic rings. The molecule has 30 heavy (non-hydrogen) atoms. The van der Waals surface area contributed by atoms with Crippen molar-refractivity contribution in [2.45, 2.75) is 12.7 Å². The molecule has 1 N–H and O–H groups in total. The van der Waals surface area contributed by atoms with Crippen molar-refractivity contribution in [3.8, 4) is 11.5 Å². The fraction of sp³-hybridized carbons (Fsp3) is 0.182. The third-order valence-electron chi connectivity index (χ3n) is 4.62. The number of fused-ring (bicyclic) bond motifs is 1. The molecule has 0 aliphatic carbocycles. The van der Waals surface area contributed by atoms with Crippen molar-refractivity contribution in [3.63, 3.8) is 0 Å². The van der Waals surface area contributed by atoms with Crippen LogP contribution in [0, 0.1) is 5.82 Å². The minimum Gasteiger partial charge on any atom is -0.486 e. The molecule has 154 valence electrons. The van der Waals surface area contributed by atoms with E-state index in [1.165, 1.54) is 36.2 Å². The van der Waals surface area contributed by atoms with Crippen molar-refractivity contribution in [3.05, 3.63) is 78.0 Å². The molecule has 7 nitrogen and oxygen atoms in total. The first-order valence-electron chi connectivity index (χ1n) is 9.31. The molecule has 1 aromatic heterocycles. The normalized spacial score (nSPS) is 15.1. The van der Waals surface area contributed by atoms with Crippen LogP contribution in [0.25, 0.3) is 0 Å². The van der Waals surface area contributed by atoms with Crippen LogP contribution in [-0.4, -0.2) is 31.5 Å². The van der Waals surface area contributed by atoms with Gasteiger partial charge in [-0.2, -0.15) is 0 Å². The molecule has 1 unspecified atom stereocenters. The first-order valence-corrected chi connectivity index (χ1v) is 9.31. The lowest BCUT2D eigenvalue weighted by Crippen LogP contribution is -2.50. The second-order valence-corrected chi connectivity index (χ2v) is 6.61. The van der Waals surface area contributed by atoms with Gasteiger partial charge in [0.15, 0.2) is 11.9 Å². The van der Waals surface area contributed by atoms with E-state index >= 15 is 0 Å². The van der Waals surface area contributed by atoms with Crippen LogP contribution in [0.1, 0.15) is 16.3 Å². The van der Waals surface area contributed by atoms with Crippen molar-refractivity contribution in [1.82, 2.24) is 5.32 Å². The van der Waals surface area contributed by atoms with Crippen LogP contribution in [0.4, 0.5) is 10.1 Å². The summed E-state index contributed by atoms with van der Waals surface area (Å²) in [6, 6.07) is 15.8. The highest BCUT2D eigenvalue weighted by atomic mass is 19.1. The molecule has 0 saturated carbocycles. The molecule has 2 amide bonds. The largest absolute Gasteiger partial charge is 0.486 e. The average Bonchev–Trinajstić information content (AvgIpc) is 3.26. The molecule has 2 heterocycles. The fourth-order valence-electron chi connectivity index (χ4n) is 3.11. The number of halogens is 1. The van der Waals surface area contributed by atoms with E-state index in [4.69, 9.17) is 13.9 Å². The highest BCUT2D eigenvalue weighted by Gasteiger charge is 2.34. The molecule has 4 rings (SSSR count). The van der Waals surface area contributed by atoms with Crippen molar-refractivity contribution in [1.29, 1.82) is 0 Å². The highest BCUT2D eigenvalue weighted by Crippen LogP contribution is 2.34. The van der Waals surface area contributed by atoms with Crippen LogP contribution >= 0.6 is 0 Å². The molecule has 2 aromatic carbocycles. The molecule has 3 aromatic rings. The highest BCUT2D eigenvalue weighted by molar-refractivity contribution is 6.06. The molecule has 1 aliphatic heterocycles. The number of amides is 2. The first-order chi connectivity index (χ1) is 14.5. The van der Waals surface area contributed by atoms with E-state index in [2.05, 4.69) is 5.32 Å². The summed E-state index contributed by atoms with van der Waals surface area (Å²) in [4.78, 5) is 26.7. The number of benzene rings is 2. The van der Waals surface area contributed by atoms with E-state index < -0.39 is 12.0 Å².